The van der Waals surface area contributed by atoms with Crippen LogP contribution in [0.15, 0.2) is 36.7 Å². The zero-order chi connectivity index (χ0) is 20.5. The average Bonchev–Trinajstić information content (AvgIpc) is 3.03. The summed E-state index contributed by atoms with van der Waals surface area (Å²) in [6.45, 7) is 0. The Balaban J connectivity index is 2.09. The molecule has 0 aliphatic carbocycles. The van der Waals surface area contributed by atoms with Crippen LogP contribution in [0.3, 0.4) is 0 Å². The fraction of sp³-hybridized carbons (Fsp3) is 0.263. The van der Waals surface area contributed by atoms with Crippen LogP contribution in [0.2, 0.25) is 0 Å². The van der Waals surface area contributed by atoms with Gasteiger partial charge in [0.15, 0.2) is 5.78 Å². The number of rotatable bonds is 7. The van der Waals surface area contributed by atoms with E-state index < -0.39 is 10.0 Å². The second-order valence-electron chi connectivity index (χ2n) is 6.31. The normalized spacial score (nSPS) is 11.7. The predicted molar refractivity (Wildman–Crippen MR) is 105 cm³/mol. The number of carbonyl (C=O) groups is 1. The minimum atomic E-state index is -3.41. The molecule has 0 saturated heterocycles. The summed E-state index contributed by atoms with van der Waals surface area (Å²) in [6, 6.07) is 6.65. The van der Waals surface area contributed by atoms with Gasteiger partial charge in [-0.2, -0.15) is 0 Å². The van der Waals surface area contributed by atoms with E-state index in [1.54, 1.807) is 42.1 Å². The van der Waals surface area contributed by atoms with Crippen LogP contribution in [0.1, 0.15) is 21.5 Å². The van der Waals surface area contributed by atoms with E-state index in [1.165, 1.54) is 20.4 Å². The largest absolute Gasteiger partial charge is 0.497 e. The number of carbonyl (C=O) groups excluding carboxylic acids is 1. The number of nitrogens with zero attached hydrogens (tertiary/aromatic N) is 2. The van der Waals surface area contributed by atoms with Gasteiger partial charge in [0, 0.05) is 36.0 Å². The van der Waals surface area contributed by atoms with Gasteiger partial charge in [-0.3, -0.25) is 4.79 Å². The van der Waals surface area contributed by atoms with Crippen LogP contribution < -0.4 is 9.46 Å². The molecule has 0 aliphatic heterocycles. The third-order valence-corrected chi connectivity index (χ3v) is 5.99. The smallest absolute Gasteiger partial charge is 0.236 e. The molecule has 3 aromatic rings. The molecule has 0 amide bonds. The molecule has 2 aromatic heterocycles. The molecule has 9 heteroatoms. The number of hydrogen-bond acceptors (Lipinski definition) is 6. The first-order chi connectivity index (χ1) is 13.3. The summed E-state index contributed by atoms with van der Waals surface area (Å²) in [7, 11) is 1.15. The van der Waals surface area contributed by atoms with Crippen molar-refractivity contribution in [2.45, 2.75) is 6.42 Å². The Morgan fingerprint density at radius 1 is 1.29 bits per heavy atom. The van der Waals surface area contributed by atoms with Crippen LogP contribution >= 0.6 is 0 Å². The first kappa shape index (κ1) is 19.8. The molecule has 0 aliphatic rings. The Hall–Kier alpha value is -2.91. The monoisotopic (exact) mass is 403 g/mol. The number of fused-ring (bicyclic) bond motifs is 1. The Morgan fingerprint density at radius 2 is 2.04 bits per heavy atom. The highest BCUT2D eigenvalue weighted by Gasteiger charge is 2.22. The van der Waals surface area contributed by atoms with Gasteiger partial charge in [-0.05, 0) is 37.2 Å². The lowest BCUT2D eigenvalue weighted by Gasteiger charge is -2.11. The van der Waals surface area contributed by atoms with Crippen molar-refractivity contribution in [1.29, 1.82) is 0 Å². The summed E-state index contributed by atoms with van der Waals surface area (Å²) in [5.41, 5.74) is 1.79. The van der Waals surface area contributed by atoms with Crippen LogP contribution in [0.4, 0.5) is 0 Å². The zero-order valence-electron chi connectivity index (χ0n) is 15.8. The van der Waals surface area contributed by atoms with Crippen LogP contribution in [0, 0.1) is 0 Å². The molecule has 148 valence electrons. The summed E-state index contributed by atoms with van der Waals surface area (Å²) in [4.78, 5) is 17.2. The molecule has 0 saturated carbocycles. The molecule has 0 atom stereocenters. The Morgan fingerprint density at radius 3 is 2.71 bits per heavy atom. The molecule has 3 rings (SSSR count). The van der Waals surface area contributed by atoms with Crippen molar-refractivity contribution < 1.29 is 23.1 Å². The standard InChI is InChI=1S/C19H21N3O5S/c1-20-28(25,26)9-7-12-4-5-13(27-3)10-15(12)18(23)16-11-22(2)17-14(16)6-8-21-19(17)24/h4-6,8,10-11,20H,7,9H2,1-3H3,(H,21,24). The van der Waals surface area contributed by atoms with Crippen molar-refractivity contribution in [1.82, 2.24) is 14.3 Å². The zero-order valence-corrected chi connectivity index (χ0v) is 16.6. The van der Waals surface area contributed by atoms with Gasteiger partial charge in [0.2, 0.25) is 15.9 Å². The molecule has 0 unspecified atom stereocenters. The van der Waals surface area contributed by atoms with E-state index in [9.17, 15) is 18.3 Å². The maximum atomic E-state index is 13.3. The van der Waals surface area contributed by atoms with Gasteiger partial charge in [-0.15, -0.1) is 0 Å². The summed E-state index contributed by atoms with van der Waals surface area (Å²) in [6.07, 6.45) is 3.23. The molecular weight excluding hydrogens is 382 g/mol. The lowest BCUT2D eigenvalue weighted by molar-refractivity contribution is 0.103. The predicted octanol–water partition coefficient (Wildman–Crippen LogP) is 1.61. The quantitative estimate of drug-likeness (QED) is 0.580. The maximum absolute atomic E-state index is 13.3. The van der Waals surface area contributed by atoms with E-state index in [1.807, 2.05) is 0 Å². The fourth-order valence-corrected chi connectivity index (χ4v) is 3.81. The van der Waals surface area contributed by atoms with Crippen molar-refractivity contribution in [2.75, 3.05) is 19.9 Å². The number of methoxy groups -OCH3 is 1. The Kier molecular flexibility index (Phi) is 5.39. The van der Waals surface area contributed by atoms with Gasteiger partial charge in [-0.1, -0.05) is 6.07 Å². The summed E-state index contributed by atoms with van der Waals surface area (Å²) < 4.78 is 32.8. The molecular formula is C19H21N3O5S. The highest BCUT2D eigenvalue weighted by molar-refractivity contribution is 7.89. The second kappa shape index (κ2) is 7.61. The highest BCUT2D eigenvalue weighted by atomic mass is 32.2. The molecule has 0 fully saturated rings. The van der Waals surface area contributed by atoms with Gasteiger partial charge in [-0.25, -0.2) is 18.1 Å². The third kappa shape index (κ3) is 3.71. The molecule has 28 heavy (non-hydrogen) atoms. The van der Waals surface area contributed by atoms with Crippen molar-refractivity contribution in [2.24, 2.45) is 7.05 Å². The minimum absolute atomic E-state index is 0.143. The summed E-state index contributed by atoms with van der Waals surface area (Å²) in [5.74, 6) is -0.0959. The molecule has 2 heterocycles. The van der Waals surface area contributed by atoms with Crippen LogP contribution in [0.5, 0.6) is 11.6 Å². The van der Waals surface area contributed by atoms with Crippen LogP contribution in [0.25, 0.3) is 10.9 Å². The lowest BCUT2D eigenvalue weighted by Crippen LogP contribution is -2.23. The number of aromatic hydroxyl groups is 1. The van der Waals surface area contributed by atoms with E-state index in [0.717, 1.165) is 0 Å². The van der Waals surface area contributed by atoms with Gasteiger partial charge in [0.25, 0.3) is 0 Å². The van der Waals surface area contributed by atoms with E-state index in [0.29, 0.717) is 33.3 Å². The topological polar surface area (TPSA) is 111 Å². The van der Waals surface area contributed by atoms with Crippen LogP contribution in [-0.2, 0) is 23.5 Å². The SMILES string of the molecule is CNS(=O)(=O)CCc1ccc(OC)cc1C(=O)c1cn(C)c2c(O)nccc12. The van der Waals surface area contributed by atoms with Crippen molar-refractivity contribution in [3.8, 4) is 11.6 Å². The van der Waals surface area contributed by atoms with Gasteiger partial charge < -0.3 is 14.4 Å². The first-order valence-corrected chi connectivity index (χ1v) is 10.2. The molecule has 0 bridgehead atoms. The number of nitrogens with one attached hydrogen (secondary N) is 1. The average molecular weight is 403 g/mol. The van der Waals surface area contributed by atoms with E-state index in [4.69, 9.17) is 4.74 Å². The van der Waals surface area contributed by atoms with Crippen molar-refractivity contribution in [3.63, 3.8) is 0 Å². The number of pyridine rings is 1. The van der Waals surface area contributed by atoms with E-state index >= 15 is 0 Å². The molecule has 2 N–H and O–H groups in total. The third-order valence-electron chi connectivity index (χ3n) is 4.63. The number of hydrogen-bond donors (Lipinski definition) is 2. The summed E-state index contributed by atoms with van der Waals surface area (Å²) >= 11 is 0. The lowest BCUT2D eigenvalue weighted by atomic mass is 9.96. The molecule has 1 aromatic carbocycles. The molecule has 0 spiro atoms. The number of aromatic nitrogens is 2. The number of sulfonamides is 1. The first-order valence-electron chi connectivity index (χ1n) is 8.53. The van der Waals surface area contributed by atoms with E-state index in [2.05, 4.69) is 9.71 Å². The number of ketones is 1. The summed E-state index contributed by atoms with van der Waals surface area (Å²) in [5, 5.41) is 10.6. The highest BCUT2D eigenvalue weighted by Crippen LogP contribution is 2.30. The Bertz CT molecular complexity index is 1150. The van der Waals surface area contributed by atoms with Gasteiger partial charge >= 0.3 is 0 Å². The fourth-order valence-electron chi connectivity index (χ4n) is 3.12. The molecule has 0 radical (unpaired) electrons. The van der Waals surface area contributed by atoms with Crippen molar-refractivity contribution >= 4 is 26.7 Å². The van der Waals surface area contributed by atoms with Gasteiger partial charge in [0.05, 0.1) is 12.9 Å². The minimum Gasteiger partial charge on any atom is -0.497 e. The van der Waals surface area contributed by atoms with Crippen molar-refractivity contribution in [3.05, 3.63) is 53.3 Å². The number of ether oxygens (including phenoxy) is 1. The Labute approximate surface area is 162 Å². The molecule has 8 nitrogen and oxygen atoms in total. The number of benzene rings is 1. The van der Waals surface area contributed by atoms with E-state index in [-0.39, 0.29) is 23.8 Å². The number of aryl methyl sites for hydroxylation is 2. The maximum Gasteiger partial charge on any atom is 0.236 e. The van der Waals surface area contributed by atoms with Crippen LogP contribution in [-0.4, -0.2) is 48.8 Å². The van der Waals surface area contributed by atoms with Gasteiger partial charge in [0.1, 0.15) is 11.3 Å². The second-order valence-corrected chi connectivity index (χ2v) is 8.36.